The van der Waals surface area contributed by atoms with E-state index in [0.717, 1.165) is 17.7 Å². The van der Waals surface area contributed by atoms with Crippen LogP contribution in [0.4, 0.5) is 0 Å². The van der Waals surface area contributed by atoms with Gasteiger partial charge in [-0.05, 0) is 23.3 Å². The number of hydrogen-bond acceptors (Lipinski definition) is 4. The molecule has 4 nitrogen and oxygen atoms in total. The first-order valence-electron chi connectivity index (χ1n) is 7.40. The molecule has 2 aliphatic heterocycles. The summed E-state index contributed by atoms with van der Waals surface area (Å²) < 4.78 is 30.2. The number of benzene rings is 2. The zero-order valence-electron chi connectivity index (χ0n) is 12.2. The van der Waals surface area contributed by atoms with E-state index in [4.69, 9.17) is 4.18 Å². The molecule has 1 fully saturated rings. The maximum absolute atomic E-state index is 12.3. The minimum Gasteiger partial charge on any atom is -0.265 e. The van der Waals surface area contributed by atoms with Crippen LogP contribution in [0.1, 0.15) is 31.5 Å². The molecule has 0 amide bonds. The molecule has 1 saturated heterocycles. The molecule has 2 heterocycles. The minimum absolute atomic E-state index is 0. The highest BCUT2D eigenvalue weighted by molar-refractivity contribution is 7.86. The zero-order chi connectivity index (χ0) is 15.3. The lowest BCUT2D eigenvalue weighted by Gasteiger charge is -2.50. The summed E-state index contributed by atoms with van der Waals surface area (Å²) in [6.45, 7) is 2.85. The van der Waals surface area contributed by atoms with Crippen molar-refractivity contribution in [2.24, 2.45) is 5.92 Å². The SMILES string of the molecule is C.CC1CN2C(c3ccccc3)c3cccc(c3)S(=O)(=O)OC12. The van der Waals surface area contributed by atoms with Crippen molar-refractivity contribution in [3.63, 3.8) is 0 Å². The molecule has 2 aromatic rings. The van der Waals surface area contributed by atoms with Gasteiger partial charge in [-0.15, -0.1) is 0 Å². The molecule has 0 aromatic heterocycles. The molecule has 3 atom stereocenters. The molecule has 0 aliphatic carbocycles. The Morgan fingerprint density at radius 1 is 1.04 bits per heavy atom. The number of nitrogens with zero attached hydrogens (tertiary/aromatic N) is 1. The predicted octanol–water partition coefficient (Wildman–Crippen LogP) is 3.41. The van der Waals surface area contributed by atoms with E-state index in [-0.39, 0.29) is 24.3 Å². The van der Waals surface area contributed by atoms with Crippen molar-refractivity contribution < 1.29 is 12.6 Å². The van der Waals surface area contributed by atoms with E-state index < -0.39 is 16.3 Å². The molecule has 0 radical (unpaired) electrons. The fourth-order valence-corrected chi connectivity index (χ4v) is 4.55. The first-order chi connectivity index (χ1) is 10.6. The van der Waals surface area contributed by atoms with Gasteiger partial charge in [0, 0.05) is 12.5 Å². The van der Waals surface area contributed by atoms with Gasteiger partial charge >= 0.3 is 0 Å². The lowest BCUT2D eigenvalue weighted by atomic mass is 9.89. The van der Waals surface area contributed by atoms with Gasteiger partial charge in [0.2, 0.25) is 0 Å². The average molecular weight is 331 g/mol. The molecule has 122 valence electrons. The Morgan fingerprint density at radius 2 is 1.74 bits per heavy atom. The number of rotatable bonds is 1. The van der Waals surface area contributed by atoms with Gasteiger partial charge in [0.05, 0.1) is 10.9 Å². The topological polar surface area (TPSA) is 46.6 Å². The van der Waals surface area contributed by atoms with E-state index >= 15 is 0 Å². The smallest absolute Gasteiger partial charge is 0.265 e. The molecule has 2 bridgehead atoms. The van der Waals surface area contributed by atoms with Crippen LogP contribution in [0.25, 0.3) is 0 Å². The minimum atomic E-state index is -3.69. The summed E-state index contributed by atoms with van der Waals surface area (Å²) in [5, 5.41) is 0. The van der Waals surface area contributed by atoms with E-state index in [9.17, 15) is 8.42 Å². The summed E-state index contributed by atoms with van der Waals surface area (Å²) in [5.74, 6) is 0.199. The maximum atomic E-state index is 12.3. The van der Waals surface area contributed by atoms with Crippen LogP contribution in [0.2, 0.25) is 0 Å². The second-order valence-electron chi connectivity index (χ2n) is 6.00. The van der Waals surface area contributed by atoms with Crippen LogP contribution in [-0.2, 0) is 14.3 Å². The first kappa shape index (κ1) is 16.2. The van der Waals surface area contributed by atoms with Crippen molar-refractivity contribution in [1.29, 1.82) is 0 Å². The van der Waals surface area contributed by atoms with Crippen LogP contribution in [-0.4, -0.2) is 26.1 Å². The lowest BCUT2D eigenvalue weighted by Crippen LogP contribution is -2.58. The third-order valence-corrected chi connectivity index (χ3v) is 5.73. The highest BCUT2D eigenvalue weighted by Gasteiger charge is 2.46. The third-order valence-electron chi connectivity index (χ3n) is 4.45. The van der Waals surface area contributed by atoms with Gasteiger partial charge in [-0.3, -0.25) is 4.90 Å². The molecule has 5 heteroatoms. The zero-order valence-corrected chi connectivity index (χ0v) is 13.0. The summed E-state index contributed by atoms with van der Waals surface area (Å²) in [7, 11) is -3.69. The third kappa shape index (κ3) is 2.59. The molecule has 3 unspecified atom stereocenters. The van der Waals surface area contributed by atoms with E-state index in [1.165, 1.54) is 0 Å². The monoisotopic (exact) mass is 331 g/mol. The van der Waals surface area contributed by atoms with Gasteiger partial charge in [0.25, 0.3) is 10.1 Å². The first-order valence-corrected chi connectivity index (χ1v) is 8.81. The summed E-state index contributed by atoms with van der Waals surface area (Å²) in [6, 6.07) is 17.3. The largest absolute Gasteiger partial charge is 0.298 e. The van der Waals surface area contributed by atoms with E-state index in [1.807, 2.05) is 31.2 Å². The van der Waals surface area contributed by atoms with Crippen molar-refractivity contribution in [2.75, 3.05) is 6.54 Å². The molecule has 0 N–H and O–H groups in total. The van der Waals surface area contributed by atoms with E-state index in [1.54, 1.807) is 18.2 Å². The van der Waals surface area contributed by atoms with E-state index in [2.05, 4.69) is 17.0 Å². The highest BCUT2D eigenvalue weighted by atomic mass is 32.2. The van der Waals surface area contributed by atoms with Crippen LogP contribution in [0.5, 0.6) is 0 Å². The average Bonchev–Trinajstić information content (AvgIpc) is 2.53. The van der Waals surface area contributed by atoms with Gasteiger partial charge in [-0.1, -0.05) is 56.8 Å². The van der Waals surface area contributed by atoms with Crippen molar-refractivity contribution in [2.45, 2.75) is 31.5 Å². The summed E-state index contributed by atoms with van der Waals surface area (Å²) in [5.41, 5.74) is 2.15. The quantitative estimate of drug-likeness (QED) is 0.751. The Hall–Kier alpha value is -1.69. The predicted molar refractivity (Wildman–Crippen MR) is 89.4 cm³/mol. The molecule has 2 aromatic carbocycles. The van der Waals surface area contributed by atoms with Gasteiger partial charge in [-0.2, -0.15) is 8.42 Å². The van der Waals surface area contributed by atoms with Crippen molar-refractivity contribution in [3.05, 3.63) is 65.7 Å². The summed E-state index contributed by atoms with van der Waals surface area (Å²) >= 11 is 0. The fraction of sp³-hybridized carbons (Fsp3) is 0.333. The van der Waals surface area contributed by atoms with Crippen LogP contribution in [0.15, 0.2) is 59.5 Å². The summed E-state index contributed by atoms with van der Waals surface area (Å²) in [6.07, 6.45) is -0.395. The second kappa shape index (κ2) is 5.74. The Bertz CT molecular complexity index is 804. The summed E-state index contributed by atoms with van der Waals surface area (Å²) in [4.78, 5) is 2.36. The molecule has 2 aliphatic rings. The molecular weight excluding hydrogens is 310 g/mol. The van der Waals surface area contributed by atoms with Crippen LogP contribution in [0.3, 0.4) is 0 Å². The van der Waals surface area contributed by atoms with Crippen molar-refractivity contribution in [3.8, 4) is 0 Å². The molecule has 4 rings (SSSR count). The Morgan fingerprint density at radius 3 is 2.43 bits per heavy atom. The Balaban J connectivity index is 0.00000156. The molecule has 23 heavy (non-hydrogen) atoms. The number of fused-ring (bicyclic) bond motifs is 3. The van der Waals surface area contributed by atoms with Crippen LogP contribution >= 0.6 is 0 Å². The maximum Gasteiger partial charge on any atom is 0.298 e. The van der Waals surface area contributed by atoms with E-state index in [0.29, 0.717) is 0 Å². The Kier molecular flexibility index (Phi) is 4.04. The lowest BCUT2D eigenvalue weighted by molar-refractivity contribution is -0.119. The normalized spacial score (nSPS) is 28.5. The van der Waals surface area contributed by atoms with Crippen molar-refractivity contribution >= 4 is 10.1 Å². The molecule has 0 spiro atoms. The Labute approximate surface area is 137 Å². The standard InChI is InChI=1S/C17H17NO3S.CH4/c1-12-11-18-16(13-6-3-2-4-7-13)14-8-5-9-15(10-14)22(19,20)21-17(12)18;/h2-10,12,16-17H,11H2,1H3;1H4. The van der Waals surface area contributed by atoms with Crippen LogP contribution < -0.4 is 0 Å². The van der Waals surface area contributed by atoms with Crippen LogP contribution in [0, 0.1) is 5.92 Å². The second-order valence-corrected chi connectivity index (χ2v) is 7.57. The number of hydrogen-bond donors (Lipinski definition) is 0. The van der Waals surface area contributed by atoms with Crippen molar-refractivity contribution in [1.82, 2.24) is 4.90 Å². The van der Waals surface area contributed by atoms with Gasteiger partial charge < -0.3 is 0 Å². The highest BCUT2D eigenvalue weighted by Crippen LogP contribution is 2.42. The van der Waals surface area contributed by atoms with Gasteiger partial charge in [-0.25, -0.2) is 4.18 Å². The molecular formula is C18H21NO3S. The molecule has 0 saturated carbocycles. The fourth-order valence-electron chi connectivity index (χ4n) is 3.35. The van der Waals surface area contributed by atoms with Gasteiger partial charge in [0.1, 0.15) is 6.23 Å². The van der Waals surface area contributed by atoms with Gasteiger partial charge in [0.15, 0.2) is 0 Å².